The molecule has 4 heterocycles. The number of amides is 2. The van der Waals surface area contributed by atoms with Gasteiger partial charge in [0.1, 0.15) is 5.65 Å². The Labute approximate surface area is 150 Å². The molecule has 0 unspecified atom stereocenters. The minimum absolute atomic E-state index is 0.0106. The van der Waals surface area contributed by atoms with Crippen molar-refractivity contribution in [2.45, 2.75) is 19.3 Å². The van der Waals surface area contributed by atoms with Crippen LogP contribution in [0.1, 0.15) is 29.8 Å². The number of pyridine rings is 1. The first-order chi connectivity index (χ1) is 12.6. The third-order valence-corrected chi connectivity index (χ3v) is 5.51. The summed E-state index contributed by atoms with van der Waals surface area (Å²) >= 11 is 0. The fourth-order valence-electron chi connectivity index (χ4n) is 4.16. The lowest BCUT2D eigenvalue weighted by Crippen LogP contribution is -2.51. The number of hydrogen-bond donors (Lipinski definition) is 1. The Hall–Kier alpha value is -2.48. The molecule has 0 bridgehead atoms. The molecule has 2 amide bonds. The molecule has 1 spiro atoms. The first-order valence-electron chi connectivity index (χ1n) is 8.88. The van der Waals surface area contributed by atoms with Gasteiger partial charge in [-0.1, -0.05) is 6.07 Å². The number of piperidine rings is 1. The third kappa shape index (κ3) is 2.56. The van der Waals surface area contributed by atoms with E-state index >= 15 is 0 Å². The van der Waals surface area contributed by atoms with Gasteiger partial charge in [0.15, 0.2) is 5.69 Å². The fraction of sp³-hybridized carbons (Fsp3) is 0.500. The number of halogens is 1. The quantitative estimate of drug-likeness (QED) is 0.883. The van der Waals surface area contributed by atoms with E-state index in [1.807, 2.05) is 0 Å². The van der Waals surface area contributed by atoms with Gasteiger partial charge in [0.05, 0.1) is 12.0 Å². The number of carbonyl (C=O) groups excluding carboxylic acids is 2. The highest BCUT2D eigenvalue weighted by atomic mass is 19.1. The molecular formula is C18H21FN4O3. The van der Waals surface area contributed by atoms with Crippen LogP contribution in [0.4, 0.5) is 4.39 Å². The summed E-state index contributed by atoms with van der Waals surface area (Å²) < 4.78 is 15.8. The molecule has 0 aromatic carbocycles. The van der Waals surface area contributed by atoms with Crippen LogP contribution in [-0.4, -0.2) is 68.9 Å². The second-order valence-corrected chi connectivity index (χ2v) is 7.06. The van der Waals surface area contributed by atoms with Crippen LogP contribution in [-0.2, 0) is 4.79 Å². The topological polar surface area (TPSA) is 78.2 Å². The molecule has 2 saturated heterocycles. The maximum Gasteiger partial charge on any atom is 0.277 e. The smallest absolute Gasteiger partial charge is 0.277 e. The zero-order valence-corrected chi connectivity index (χ0v) is 14.4. The largest absolute Gasteiger partial charge is 0.395 e. The van der Waals surface area contributed by atoms with Crippen molar-refractivity contribution in [1.82, 2.24) is 19.2 Å². The fourth-order valence-corrected chi connectivity index (χ4v) is 4.16. The van der Waals surface area contributed by atoms with Crippen molar-refractivity contribution in [3.63, 3.8) is 0 Å². The second-order valence-electron chi connectivity index (χ2n) is 7.06. The highest BCUT2D eigenvalue weighted by Gasteiger charge is 2.49. The van der Waals surface area contributed by atoms with Crippen LogP contribution in [0.15, 0.2) is 24.4 Å². The number of carbonyl (C=O) groups is 2. The Morgan fingerprint density at radius 3 is 2.92 bits per heavy atom. The number of aliphatic hydroxyl groups excluding tert-OH is 1. The Balaban J connectivity index is 1.57. The average Bonchev–Trinajstić information content (AvgIpc) is 3.22. The monoisotopic (exact) mass is 360 g/mol. The van der Waals surface area contributed by atoms with E-state index in [-0.39, 0.29) is 24.8 Å². The highest BCUT2D eigenvalue weighted by Crippen LogP contribution is 2.40. The molecule has 26 heavy (non-hydrogen) atoms. The van der Waals surface area contributed by atoms with Gasteiger partial charge in [0.25, 0.3) is 5.91 Å². The van der Waals surface area contributed by atoms with Gasteiger partial charge in [0.2, 0.25) is 11.9 Å². The number of hydrogen-bond acceptors (Lipinski definition) is 4. The molecule has 0 saturated carbocycles. The Bertz CT molecular complexity index is 865. The van der Waals surface area contributed by atoms with Crippen LogP contribution < -0.4 is 0 Å². The normalized spacial score (nSPS) is 23.4. The molecule has 138 valence electrons. The number of likely N-dealkylation sites (tertiary alicyclic amines) is 2. The van der Waals surface area contributed by atoms with Crippen molar-refractivity contribution in [2.75, 3.05) is 32.8 Å². The summed E-state index contributed by atoms with van der Waals surface area (Å²) in [4.78, 5) is 33.0. The summed E-state index contributed by atoms with van der Waals surface area (Å²) in [5.41, 5.74) is -0.438. The zero-order chi connectivity index (χ0) is 18.3. The van der Waals surface area contributed by atoms with E-state index in [1.165, 1.54) is 15.5 Å². The van der Waals surface area contributed by atoms with Crippen LogP contribution in [0.2, 0.25) is 0 Å². The van der Waals surface area contributed by atoms with Crippen molar-refractivity contribution >= 4 is 17.5 Å². The van der Waals surface area contributed by atoms with Gasteiger partial charge in [0, 0.05) is 32.4 Å². The lowest BCUT2D eigenvalue weighted by Gasteiger charge is -2.39. The van der Waals surface area contributed by atoms with Crippen molar-refractivity contribution < 1.29 is 19.1 Å². The molecule has 0 radical (unpaired) electrons. The summed E-state index contributed by atoms with van der Waals surface area (Å²) in [5.74, 6) is -1.16. The molecule has 8 heteroatoms. The molecule has 7 nitrogen and oxygen atoms in total. The summed E-state index contributed by atoms with van der Waals surface area (Å²) in [7, 11) is 0. The minimum Gasteiger partial charge on any atom is -0.395 e. The number of aliphatic hydroxyl groups is 1. The molecule has 0 aliphatic carbocycles. The molecule has 1 N–H and O–H groups in total. The van der Waals surface area contributed by atoms with Crippen molar-refractivity contribution in [3.05, 3.63) is 36.0 Å². The van der Waals surface area contributed by atoms with Gasteiger partial charge in [-0.15, -0.1) is 0 Å². The van der Waals surface area contributed by atoms with Crippen LogP contribution in [0.5, 0.6) is 0 Å². The lowest BCUT2D eigenvalue weighted by molar-refractivity contribution is -0.146. The summed E-state index contributed by atoms with van der Waals surface area (Å²) in [6.07, 6.45) is 3.65. The van der Waals surface area contributed by atoms with E-state index in [4.69, 9.17) is 5.11 Å². The highest BCUT2D eigenvalue weighted by molar-refractivity contribution is 5.94. The zero-order valence-electron chi connectivity index (χ0n) is 14.4. The van der Waals surface area contributed by atoms with Gasteiger partial charge < -0.3 is 14.9 Å². The van der Waals surface area contributed by atoms with Crippen molar-refractivity contribution in [2.24, 2.45) is 5.41 Å². The summed E-state index contributed by atoms with van der Waals surface area (Å²) in [6.45, 7) is 1.56. The maximum absolute atomic E-state index is 14.6. The van der Waals surface area contributed by atoms with E-state index in [9.17, 15) is 14.0 Å². The van der Waals surface area contributed by atoms with E-state index in [0.717, 1.165) is 6.42 Å². The van der Waals surface area contributed by atoms with Crippen molar-refractivity contribution in [3.8, 4) is 0 Å². The Morgan fingerprint density at radius 1 is 1.31 bits per heavy atom. The average molecular weight is 360 g/mol. The van der Waals surface area contributed by atoms with Crippen LogP contribution >= 0.6 is 0 Å². The first-order valence-corrected chi connectivity index (χ1v) is 8.88. The minimum atomic E-state index is -0.677. The number of imidazole rings is 1. The van der Waals surface area contributed by atoms with Gasteiger partial charge in [-0.25, -0.2) is 4.98 Å². The van der Waals surface area contributed by atoms with Crippen LogP contribution in [0.25, 0.3) is 5.65 Å². The van der Waals surface area contributed by atoms with Crippen LogP contribution in [0, 0.1) is 11.4 Å². The Morgan fingerprint density at radius 2 is 2.15 bits per heavy atom. The molecule has 2 fully saturated rings. The van der Waals surface area contributed by atoms with Crippen LogP contribution in [0.3, 0.4) is 0 Å². The number of aromatic nitrogens is 2. The molecular weight excluding hydrogens is 339 g/mol. The lowest BCUT2D eigenvalue weighted by atomic mass is 9.78. The predicted molar refractivity (Wildman–Crippen MR) is 91.0 cm³/mol. The van der Waals surface area contributed by atoms with Crippen molar-refractivity contribution in [1.29, 1.82) is 0 Å². The maximum atomic E-state index is 14.6. The summed E-state index contributed by atoms with van der Waals surface area (Å²) in [6, 6.07) is 5.05. The SMILES string of the molecule is O=C(c1nc2ccccn2c1F)N1CC[C@]2(CCCN(CCO)C2=O)C1. The van der Waals surface area contributed by atoms with Gasteiger partial charge >= 0.3 is 0 Å². The molecule has 2 aliphatic heterocycles. The van der Waals surface area contributed by atoms with Gasteiger partial charge in [-0.2, -0.15) is 4.39 Å². The number of fused-ring (bicyclic) bond motifs is 1. The molecule has 1 atom stereocenters. The van der Waals surface area contributed by atoms with Gasteiger partial charge in [-0.05, 0) is 31.4 Å². The number of rotatable bonds is 3. The first kappa shape index (κ1) is 17.0. The predicted octanol–water partition coefficient (Wildman–Crippen LogP) is 0.920. The number of nitrogens with zero attached hydrogens (tertiary/aromatic N) is 4. The van der Waals surface area contributed by atoms with E-state index in [0.29, 0.717) is 38.1 Å². The molecule has 2 aromatic rings. The second kappa shape index (κ2) is 6.35. The Kier molecular flexibility index (Phi) is 4.14. The molecule has 4 rings (SSSR count). The van der Waals surface area contributed by atoms with E-state index in [2.05, 4.69) is 4.98 Å². The number of β-amino-alcohol motifs (C(OH)–C–C–N with tert-alkyl or cyclic N) is 1. The molecule has 2 aromatic heterocycles. The third-order valence-electron chi connectivity index (χ3n) is 5.51. The summed E-state index contributed by atoms with van der Waals surface area (Å²) in [5, 5.41) is 9.15. The van der Waals surface area contributed by atoms with E-state index < -0.39 is 17.3 Å². The van der Waals surface area contributed by atoms with E-state index in [1.54, 1.807) is 23.1 Å². The molecule has 2 aliphatic rings. The standard InChI is InChI=1S/C18H21FN4O3/c19-15-14(20-13-4-1-2-8-23(13)15)16(25)22-9-6-18(12-22)5-3-7-21(10-11-24)17(18)26/h1-2,4,8,24H,3,5-7,9-12H2/t18-/m1/s1. The van der Waals surface area contributed by atoms with Gasteiger partial charge in [-0.3, -0.25) is 14.0 Å².